The van der Waals surface area contributed by atoms with Gasteiger partial charge in [0.2, 0.25) is 0 Å². The minimum atomic E-state index is 0.296. The first-order chi connectivity index (χ1) is 12.2. The van der Waals surface area contributed by atoms with Crippen molar-refractivity contribution in [2.24, 2.45) is 5.10 Å². The number of hydrazone groups is 1. The van der Waals surface area contributed by atoms with Crippen LogP contribution in [0.15, 0.2) is 59.7 Å². The van der Waals surface area contributed by atoms with Gasteiger partial charge in [0.05, 0.1) is 11.7 Å². The van der Waals surface area contributed by atoms with Crippen molar-refractivity contribution in [2.45, 2.75) is 24.9 Å². The number of likely N-dealkylation sites (N-methyl/N-ethyl adjacent to an activating group) is 1. The van der Waals surface area contributed by atoms with Gasteiger partial charge in [-0.15, -0.1) is 0 Å². The van der Waals surface area contributed by atoms with Crippen LogP contribution in [-0.2, 0) is 0 Å². The molecule has 4 heteroatoms. The number of nitrogens with zero attached hydrogens (tertiary/aromatic N) is 4. The van der Waals surface area contributed by atoms with E-state index in [1.807, 2.05) is 6.21 Å². The molecule has 0 saturated carbocycles. The molecule has 4 nitrogen and oxygen atoms in total. The summed E-state index contributed by atoms with van der Waals surface area (Å²) >= 11 is 0. The van der Waals surface area contributed by atoms with Crippen LogP contribution in [0.2, 0.25) is 0 Å². The molecule has 2 atom stereocenters. The fourth-order valence-electron chi connectivity index (χ4n) is 3.84. The van der Waals surface area contributed by atoms with E-state index in [1.165, 1.54) is 23.4 Å². The fraction of sp³-hybridized carbons (Fsp3) is 0.381. The van der Waals surface area contributed by atoms with Crippen LogP contribution in [0.4, 0.5) is 11.4 Å². The maximum atomic E-state index is 4.66. The van der Waals surface area contributed by atoms with Gasteiger partial charge in [0.25, 0.3) is 0 Å². The maximum absolute atomic E-state index is 4.66. The Morgan fingerprint density at radius 1 is 1.00 bits per heavy atom. The number of rotatable bonds is 4. The Bertz CT molecular complexity index is 741. The van der Waals surface area contributed by atoms with E-state index in [2.05, 4.69) is 88.6 Å². The summed E-state index contributed by atoms with van der Waals surface area (Å²) in [6.07, 6.45) is 4.22. The average Bonchev–Trinajstić information content (AvgIpc) is 3.32. The van der Waals surface area contributed by atoms with Crippen molar-refractivity contribution < 1.29 is 0 Å². The Labute approximate surface area is 150 Å². The Balaban J connectivity index is 1.56. The van der Waals surface area contributed by atoms with Gasteiger partial charge in [-0.3, -0.25) is 5.01 Å². The van der Waals surface area contributed by atoms with Gasteiger partial charge in [0, 0.05) is 37.5 Å². The van der Waals surface area contributed by atoms with Crippen LogP contribution in [0.1, 0.15) is 24.4 Å². The summed E-state index contributed by atoms with van der Waals surface area (Å²) in [7, 11) is 4.35. The Morgan fingerprint density at radius 2 is 1.80 bits per heavy atom. The molecular weight excluding hydrogens is 308 g/mol. The molecule has 0 spiro atoms. The van der Waals surface area contributed by atoms with E-state index in [0.29, 0.717) is 12.1 Å². The van der Waals surface area contributed by atoms with Crippen LogP contribution >= 0.6 is 0 Å². The van der Waals surface area contributed by atoms with Gasteiger partial charge in [0.15, 0.2) is 0 Å². The third kappa shape index (κ3) is 3.27. The highest BCUT2D eigenvalue weighted by atomic mass is 15.5. The van der Waals surface area contributed by atoms with E-state index in [4.69, 9.17) is 0 Å². The van der Waals surface area contributed by atoms with Crippen molar-refractivity contribution in [3.05, 3.63) is 60.2 Å². The van der Waals surface area contributed by atoms with Crippen molar-refractivity contribution in [3.8, 4) is 0 Å². The number of benzene rings is 2. The largest absolute Gasteiger partial charge is 0.370 e. The summed E-state index contributed by atoms with van der Waals surface area (Å²) < 4.78 is 0. The normalized spacial score (nSPS) is 23.0. The molecule has 0 amide bonds. The zero-order valence-electron chi connectivity index (χ0n) is 15.0. The van der Waals surface area contributed by atoms with Crippen molar-refractivity contribution in [3.63, 3.8) is 0 Å². The van der Waals surface area contributed by atoms with Gasteiger partial charge < -0.3 is 9.80 Å². The minimum Gasteiger partial charge on any atom is -0.370 e. The van der Waals surface area contributed by atoms with Crippen LogP contribution < -0.4 is 9.91 Å². The van der Waals surface area contributed by atoms with Gasteiger partial charge in [-0.2, -0.15) is 5.10 Å². The third-order valence-electron chi connectivity index (χ3n) is 5.37. The molecule has 2 heterocycles. The summed E-state index contributed by atoms with van der Waals surface area (Å²) in [5, 5.41) is 6.82. The number of hydrogen-bond donors (Lipinski definition) is 0. The first-order valence-corrected chi connectivity index (χ1v) is 9.10. The molecule has 1 saturated heterocycles. The maximum Gasteiger partial charge on any atom is 0.0825 e. The lowest BCUT2D eigenvalue weighted by atomic mass is 10.0. The minimum absolute atomic E-state index is 0.296. The van der Waals surface area contributed by atoms with E-state index < -0.39 is 0 Å². The Hall–Kier alpha value is -2.33. The molecule has 2 aliphatic rings. The summed E-state index contributed by atoms with van der Waals surface area (Å²) in [6.45, 7) is 2.22. The summed E-state index contributed by atoms with van der Waals surface area (Å²) in [5.41, 5.74) is 3.79. The predicted molar refractivity (Wildman–Crippen MR) is 106 cm³/mol. The lowest BCUT2D eigenvalue weighted by Crippen LogP contribution is -2.31. The van der Waals surface area contributed by atoms with Crippen LogP contribution in [0, 0.1) is 0 Å². The monoisotopic (exact) mass is 334 g/mol. The van der Waals surface area contributed by atoms with Gasteiger partial charge in [-0.25, -0.2) is 0 Å². The molecule has 4 rings (SSSR count). The molecule has 25 heavy (non-hydrogen) atoms. The average molecular weight is 334 g/mol. The van der Waals surface area contributed by atoms with Crippen molar-refractivity contribution in [2.75, 3.05) is 37.1 Å². The molecule has 0 aliphatic carbocycles. The molecule has 130 valence electrons. The smallest absolute Gasteiger partial charge is 0.0825 e. The zero-order chi connectivity index (χ0) is 17.2. The van der Waals surface area contributed by atoms with Crippen LogP contribution in [0.5, 0.6) is 0 Å². The van der Waals surface area contributed by atoms with E-state index in [9.17, 15) is 0 Å². The summed E-state index contributed by atoms with van der Waals surface area (Å²) in [6, 6.07) is 20.4. The van der Waals surface area contributed by atoms with Crippen molar-refractivity contribution in [1.82, 2.24) is 4.90 Å². The molecule has 0 bridgehead atoms. The lowest BCUT2D eigenvalue weighted by Gasteiger charge is -2.26. The topological polar surface area (TPSA) is 22.1 Å². The quantitative estimate of drug-likeness (QED) is 0.850. The third-order valence-corrected chi connectivity index (χ3v) is 5.37. The SMILES string of the molecule is CN(C)[C@@H]1CCN(c2cccc(N3N=CCC3c3ccccc3)c2)C1. The lowest BCUT2D eigenvalue weighted by molar-refractivity contribution is 0.315. The standard InChI is InChI=1S/C21H26N4/c1-23(2)20-12-14-24(16-20)18-9-6-10-19(15-18)25-21(11-13-22-25)17-7-4-3-5-8-17/h3-10,13,15,20-21H,11-12,14,16H2,1-2H3/t20-,21?/m1/s1. The molecule has 2 aromatic rings. The van der Waals surface area contributed by atoms with E-state index in [-0.39, 0.29) is 0 Å². The predicted octanol–water partition coefficient (Wildman–Crippen LogP) is 3.76. The highest BCUT2D eigenvalue weighted by Gasteiger charge is 2.27. The number of anilines is 2. The van der Waals surface area contributed by atoms with Gasteiger partial charge >= 0.3 is 0 Å². The summed E-state index contributed by atoms with van der Waals surface area (Å²) in [4.78, 5) is 4.82. The summed E-state index contributed by atoms with van der Waals surface area (Å²) in [5.74, 6) is 0. The van der Waals surface area contributed by atoms with Crippen LogP contribution in [0.25, 0.3) is 0 Å². The highest BCUT2D eigenvalue weighted by molar-refractivity contribution is 5.69. The first kappa shape index (κ1) is 16.2. The molecule has 0 radical (unpaired) electrons. The van der Waals surface area contributed by atoms with Gasteiger partial charge in [0.1, 0.15) is 0 Å². The molecule has 1 fully saturated rings. The van der Waals surface area contributed by atoms with Gasteiger partial charge in [-0.1, -0.05) is 36.4 Å². The molecule has 2 aromatic carbocycles. The fourth-order valence-corrected chi connectivity index (χ4v) is 3.84. The van der Waals surface area contributed by atoms with Crippen molar-refractivity contribution >= 4 is 17.6 Å². The molecule has 1 unspecified atom stereocenters. The van der Waals surface area contributed by atoms with Crippen LogP contribution in [-0.4, -0.2) is 44.3 Å². The van der Waals surface area contributed by atoms with Gasteiger partial charge in [-0.05, 0) is 44.3 Å². The second kappa shape index (κ2) is 6.89. The second-order valence-corrected chi connectivity index (χ2v) is 7.18. The Kier molecular flexibility index (Phi) is 4.45. The van der Waals surface area contributed by atoms with Crippen molar-refractivity contribution in [1.29, 1.82) is 0 Å². The van der Waals surface area contributed by atoms with Crippen LogP contribution in [0.3, 0.4) is 0 Å². The second-order valence-electron chi connectivity index (χ2n) is 7.18. The van der Waals surface area contributed by atoms with E-state index >= 15 is 0 Å². The molecule has 0 N–H and O–H groups in total. The van der Waals surface area contributed by atoms with E-state index in [0.717, 1.165) is 19.5 Å². The molecular formula is C21H26N4. The number of hydrogen-bond acceptors (Lipinski definition) is 4. The molecule has 2 aliphatic heterocycles. The molecule has 0 aromatic heterocycles. The first-order valence-electron chi connectivity index (χ1n) is 9.10. The highest BCUT2D eigenvalue weighted by Crippen LogP contribution is 2.35. The Morgan fingerprint density at radius 3 is 2.56 bits per heavy atom. The zero-order valence-corrected chi connectivity index (χ0v) is 15.0. The van der Waals surface area contributed by atoms with E-state index in [1.54, 1.807) is 0 Å².